The van der Waals surface area contributed by atoms with E-state index in [4.69, 9.17) is 4.99 Å². The number of nitrogens with zero attached hydrogens (tertiary/aromatic N) is 2. The summed E-state index contributed by atoms with van der Waals surface area (Å²) in [4.78, 5) is 7.39. The van der Waals surface area contributed by atoms with Crippen LogP contribution in [0.25, 0.3) is 0 Å². The predicted molar refractivity (Wildman–Crippen MR) is 92.7 cm³/mol. The molecule has 2 aromatic carbocycles. The summed E-state index contributed by atoms with van der Waals surface area (Å²) in [5.74, 6) is 0. The Hall–Kier alpha value is -1.97. The standard InChI is InChI=1S/C19H23N3/c1-3-7-17(8-4-1)19(18-9-5-2-6-10-18)21-13-16-22-14-11-20-12-15-22/h1-10,20H,11-16H2. The van der Waals surface area contributed by atoms with Gasteiger partial charge in [-0.3, -0.25) is 9.89 Å². The quantitative estimate of drug-likeness (QED) is 0.858. The molecule has 0 aromatic heterocycles. The fraction of sp³-hybridized carbons (Fsp3) is 0.316. The summed E-state index contributed by atoms with van der Waals surface area (Å²) < 4.78 is 0. The smallest absolute Gasteiger partial charge is 0.0719 e. The van der Waals surface area contributed by atoms with Crippen molar-refractivity contribution in [3.8, 4) is 0 Å². The van der Waals surface area contributed by atoms with E-state index in [1.807, 2.05) is 12.1 Å². The van der Waals surface area contributed by atoms with Crippen LogP contribution < -0.4 is 5.32 Å². The Kier molecular flexibility index (Phi) is 5.35. The van der Waals surface area contributed by atoms with Crippen molar-refractivity contribution in [2.75, 3.05) is 39.3 Å². The zero-order valence-corrected chi connectivity index (χ0v) is 12.9. The number of nitrogens with one attached hydrogen (secondary N) is 1. The number of aliphatic imine (C=N–C) groups is 1. The van der Waals surface area contributed by atoms with Gasteiger partial charge < -0.3 is 5.32 Å². The molecule has 3 heteroatoms. The molecule has 0 spiro atoms. The Morgan fingerprint density at radius 2 is 1.41 bits per heavy atom. The second-order valence-electron chi connectivity index (χ2n) is 5.55. The molecule has 1 N–H and O–H groups in total. The number of hydrogen-bond donors (Lipinski definition) is 1. The molecule has 114 valence electrons. The van der Waals surface area contributed by atoms with Gasteiger partial charge in [0.1, 0.15) is 0 Å². The number of rotatable bonds is 5. The van der Waals surface area contributed by atoms with E-state index in [1.54, 1.807) is 0 Å². The lowest BCUT2D eigenvalue weighted by molar-refractivity contribution is 0.247. The van der Waals surface area contributed by atoms with Crippen molar-refractivity contribution < 1.29 is 0 Å². The van der Waals surface area contributed by atoms with Gasteiger partial charge >= 0.3 is 0 Å². The Morgan fingerprint density at radius 1 is 0.864 bits per heavy atom. The molecular weight excluding hydrogens is 270 g/mol. The van der Waals surface area contributed by atoms with E-state index in [9.17, 15) is 0 Å². The van der Waals surface area contributed by atoms with Gasteiger partial charge in [-0.25, -0.2) is 0 Å². The normalized spacial score (nSPS) is 15.5. The zero-order chi connectivity index (χ0) is 15.0. The number of piperazine rings is 1. The van der Waals surface area contributed by atoms with Crippen LogP contribution in [0.15, 0.2) is 65.7 Å². The lowest BCUT2D eigenvalue weighted by atomic mass is 10.0. The highest BCUT2D eigenvalue weighted by Crippen LogP contribution is 2.11. The largest absolute Gasteiger partial charge is 0.314 e. The third kappa shape index (κ3) is 4.03. The Balaban J connectivity index is 1.75. The Morgan fingerprint density at radius 3 is 1.95 bits per heavy atom. The third-order valence-electron chi connectivity index (χ3n) is 3.99. The van der Waals surface area contributed by atoms with Crippen molar-refractivity contribution in [2.45, 2.75) is 0 Å². The van der Waals surface area contributed by atoms with Gasteiger partial charge in [-0.1, -0.05) is 60.7 Å². The summed E-state index contributed by atoms with van der Waals surface area (Å²) >= 11 is 0. The van der Waals surface area contributed by atoms with Crippen LogP contribution in [-0.2, 0) is 0 Å². The summed E-state index contributed by atoms with van der Waals surface area (Å²) in [6.07, 6.45) is 0. The van der Waals surface area contributed by atoms with Gasteiger partial charge in [0.25, 0.3) is 0 Å². The van der Waals surface area contributed by atoms with Gasteiger partial charge in [-0.2, -0.15) is 0 Å². The monoisotopic (exact) mass is 293 g/mol. The topological polar surface area (TPSA) is 27.6 Å². The number of hydrogen-bond acceptors (Lipinski definition) is 3. The molecule has 0 unspecified atom stereocenters. The maximum atomic E-state index is 4.91. The van der Waals surface area contributed by atoms with Gasteiger partial charge in [0.15, 0.2) is 0 Å². The number of benzene rings is 2. The van der Waals surface area contributed by atoms with Crippen LogP contribution in [0.2, 0.25) is 0 Å². The first-order valence-electron chi connectivity index (χ1n) is 8.02. The lowest BCUT2D eigenvalue weighted by Crippen LogP contribution is -2.44. The summed E-state index contributed by atoms with van der Waals surface area (Å²) in [6, 6.07) is 20.9. The predicted octanol–water partition coefficient (Wildman–Crippen LogP) is 2.43. The van der Waals surface area contributed by atoms with E-state index < -0.39 is 0 Å². The van der Waals surface area contributed by atoms with Crippen molar-refractivity contribution in [3.05, 3.63) is 71.8 Å². The van der Waals surface area contributed by atoms with Gasteiger partial charge in [0.2, 0.25) is 0 Å². The van der Waals surface area contributed by atoms with Gasteiger partial charge in [-0.15, -0.1) is 0 Å². The Labute approximate surface area is 132 Å². The molecule has 1 aliphatic heterocycles. The molecule has 0 aliphatic carbocycles. The molecule has 0 saturated carbocycles. The van der Waals surface area contributed by atoms with Crippen LogP contribution in [0.1, 0.15) is 11.1 Å². The molecule has 1 saturated heterocycles. The van der Waals surface area contributed by atoms with Crippen molar-refractivity contribution in [1.29, 1.82) is 0 Å². The minimum atomic E-state index is 0.846. The fourth-order valence-electron chi connectivity index (χ4n) is 2.78. The molecule has 1 aliphatic rings. The average molecular weight is 293 g/mol. The van der Waals surface area contributed by atoms with Crippen LogP contribution in [0.5, 0.6) is 0 Å². The minimum Gasteiger partial charge on any atom is -0.314 e. The fourth-order valence-corrected chi connectivity index (χ4v) is 2.78. The average Bonchev–Trinajstić information content (AvgIpc) is 2.61. The second kappa shape index (κ2) is 7.87. The molecule has 3 rings (SSSR count). The summed E-state index contributed by atoms with van der Waals surface area (Å²) in [6.45, 7) is 6.31. The summed E-state index contributed by atoms with van der Waals surface area (Å²) in [7, 11) is 0. The van der Waals surface area contributed by atoms with Crippen LogP contribution in [0.3, 0.4) is 0 Å². The maximum absolute atomic E-state index is 4.91. The molecule has 0 radical (unpaired) electrons. The molecular formula is C19H23N3. The highest BCUT2D eigenvalue weighted by Gasteiger charge is 2.09. The molecule has 3 nitrogen and oxygen atoms in total. The summed E-state index contributed by atoms with van der Waals surface area (Å²) in [5.41, 5.74) is 3.47. The van der Waals surface area contributed by atoms with E-state index in [-0.39, 0.29) is 0 Å². The molecule has 0 atom stereocenters. The van der Waals surface area contributed by atoms with Crippen molar-refractivity contribution in [3.63, 3.8) is 0 Å². The minimum absolute atomic E-state index is 0.846. The van der Waals surface area contributed by atoms with Gasteiger partial charge in [0, 0.05) is 43.9 Å². The molecule has 22 heavy (non-hydrogen) atoms. The van der Waals surface area contributed by atoms with Gasteiger partial charge in [-0.05, 0) is 0 Å². The van der Waals surface area contributed by atoms with Crippen molar-refractivity contribution >= 4 is 5.71 Å². The summed E-state index contributed by atoms with van der Waals surface area (Å²) in [5, 5.41) is 3.39. The highest BCUT2D eigenvalue weighted by atomic mass is 15.2. The van der Waals surface area contributed by atoms with Crippen LogP contribution in [0.4, 0.5) is 0 Å². The van der Waals surface area contributed by atoms with Crippen LogP contribution in [0, 0.1) is 0 Å². The first-order valence-corrected chi connectivity index (χ1v) is 8.02. The SMILES string of the molecule is c1ccc(C(=NCCN2CCNCC2)c2ccccc2)cc1. The van der Waals surface area contributed by atoms with E-state index in [0.29, 0.717) is 0 Å². The molecule has 1 heterocycles. The van der Waals surface area contributed by atoms with Crippen molar-refractivity contribution in [1.82, 2.24) is 10.2 Å². The van der Waals surface area contributed by atoms with Crippen LogP contribution in [-0.4, -0.2) is 49.9 Å². The van der Waals surface area contributed by atoms with E-state index >= 15 is 0 Å². The van der Waals surface area contributed by atoms with Crippen LogP contribution >= 0.6 is 0 Å². The first-order chi connectivity index (χ1) is 10.9. The highest BCUT2D eigenvalue weighted by molar-refractivity contribution is 6.12. The first kappa shape index (κ1) is 14.9. The van der Waals surface area contributed by atoms with Crippen molar-refractivity contribution in [2.24, 2.45) is 4.99 Å². The molecule has 0 bridgehead atoms. The molecule has 2 aromatic rings. The van der Waals surface area contributed by atoms with E-state index in [0.717, 1.165) is 45.0 Å². The lowest BCUT2D eigenvalue weighted by Gasteiger charge is -2.26. The van der Waals surface area contributed by atoms with Gasteiger partial charge in [0.05, 0.1) is 12.3 Å². The second-order valence-corrected chi connectivity index (χ2v) is 5.55. The maximum Gasteiger partial charge on any atom is 0.0719 e. The third-order valence-corrected chi connectivity index (χ3v) is 3.99. The van der Waals surface area contributed by atoms with E-state index in [1.165, 1.54) is 11.1 Å². The Bertz CT molecular complexity index is 545. The molecule has 0 amide bonds. The zero-order valence-electron chi connectivity index (χ0n) is 12.9. The molecule has 1 fully saturated rings. The van der Waals surface area contributed by atoms with E-state index in [2.05, 4.69) is 58.7 Å².